The number of aliphatic hydroxyl groups excluding tert-OH is 1. The van der Waals surface area contributed by atoms with E-state index in [4.69, 9.17) is 5.11 Å². The van der Waals surface area contributed by atoms with E-state index in [0.29, 0.717) is 17.6 Å². The third-order valence-electron chi connectivity index (χ3n) is 5.22. The van der Waals surface area contributed by atoms with Gasteiger partial charge in [-0.25, -0.2) is 0 Å². The molecule has 1 aliphatic rings. The summed E-state index contributed by atoms with van der Waals surface area (Å²) in [4.78, 5) is 2.27. The Morgan fingerprint density at radius 2 is 1.73 bits per heavy atom. The molecule has 1 aliphatic carbocycles. The van der Waals surface area contributed by atoms with Gasteiger partial charge < -0.3 is 15.1 Å². The van der Waals surface area contributed by atoms with Crippen molar-refractivity contribution in [2.45, 2.75) is 73.6 Å². The van der Waals surface area contributed by atoms with Crippen LogP contribution in [0.4, 0.5) is 0 Å². The zero-order valence-electron chi connectivity index (χ0n) is 21.8. The third kappa shape index (κ3) is 15.4. The van der Waals surface area contributed by atoms with Gasteiger partial charge in [0, 0.05) is 7.97 Å². The minimum Gasteiger partial charge on any atom is -0.508 e. The zero-order valence-corrected chi connectivity index (χ0v) is 21.8. The van der Waals surface area contributed by atoms with Crippen molar-refractivity contribution in [2.75, 3.05) is 27.2 Å². The van der Waals surface area contributed by atoms with Gasteiger partial charge in [0.2, 0.25) is 0 Å². The van der Waals surface area contributed by atoms with Crippen molar-refractivity contribution >= 4 is 0 Å². The van der Waals surface area contributed by atoms with Crippen LogP contribution in [0.1, 0.15) is 80.6 Å². The summed E-state index contributed by atoms with van der Waals surface area (Å²) in [5, 5.41) is 18.8. The molecule has 0 radical (unpaired) electrons. The number of nitrogens with zero attached hydrogens (tertiary/aromatic N) is 1. The van der Waals surface area contributed by atoms with Gasteiger partial charge in [0.1, 0.15) is 5.75 Å². The molecule has 0 amide bonds. The fourth-order valence-electron chi connectivity index (χ4n) is 3.79. The highest BCUT2D eigenvalue weighted by atomic mass is 16.3. The molecule has 2 unspecified atom stereocenters. The van der Waals surface area contributed by atoms with E-state index in [0.717, 1.165) is 25.8 Å². The number of benzene rings is 1. The van der Waals surface area contributed by atoms with E-state index in [9.17, 15) is 5.11 Å². The number of phenolic OH excluding ortho intramolecular Hbond substituents is 1. The van der Waals surface area contributed by atoms with E-state index in [1.807, 2.05) is 45.9 Å². The normalized spacial score (nSPS) is 18.3. The monoisotopic (exact) mass is 461 g/mol. The number of hydrogen-bond acceptors (Lipinski definition) is 3. The molecule has 0 heterocycles. The summed E-state index contributed by atoms with van der Waals surface area (Å²) in [6, 6.07) is 7.77. The number of aliphatic hydroxyl groups is 1. The first-order valence-corrected chi connectivity index (χ1v) is 12.0. The molecule has 1 aromatic rings. The Morgan fingerprint density at radius 1 is 1.12 bits per heavy atom. The lowest BCUT2D eigenvalue weighted by atomic mass is 9.72. The van der Waals surface area contributed by atoms with Gasteiger partial charge in [-0.2, -0.15) is 0 Å². The van der Waals surface area contributed by atoms with Crippen molar-refractivity contribution in [1.82, 2.24) is 4.90 Å². The minimum atomic E-state index is 0. The van der Waals surface area contributed by atoms with Gasteiger partial charge in [-0.1, -0.05) is 95.9 Å². The molecule has 0 saturated heterocycles. The lowest BCUT2D eigenvalue weighted by Gasteiger charge is -2.36. The van der Waals surface area contributed by atoms with Crippen molar-refractivity contribution in [3.05, 3.63) is 78.4 Å². The Hall–Kier alpha value is -2.10. The molecule has 0 spiro atoms. The topological polar surface area (TPSA) is 43.7 Å². The lowest BCUT2D eigenvalue weighted by molar-refractivity contribution is 0.255. The van der Waals surface area contributed by atoms with Gasteiger partial charge >= 0.3 is 0 Å². The maximum absolute atomic E-state index is 9.87. The molecular weight excluding hydrogens is 406 g/mol. The van der Waals surface area contributed by atoms with Crippen LogP contribution in [-0.2, 0) is 0 Å². The molecule has 2 N–H and O–H groups in total. The van der Waals surface area contributed by atoms with Crippen LogP contribution < -0.4 is 0 Å². The molecule has 2 rings (SSSR count). The molecule has 0 aromatic heterocycles. The van der Waals surface area contributed by atoms with Crippen LogP contribution >= 0.6 is 0 Å². The van der Waals surface area contributed by atoms with Crippen LogP contribution in [-0.4, -0.2) is 42.4 Å². The standard InChI is InChI=1S/C21H31NO2.C4H6.2C2H6.CH4.H2/c1-16(7-4-5-12-23)17-10-11-19(15-22(2)3)21(14-17)18-8-6-9-20(24)13-18;1-3-4-2;2*1-2;;/h4-6,8-9,13,19,21,23-24H,7,10-12,14-15H2,1-3H3;3-4H,1-2H2;2*1-2H3;1H4;1H/b5-4+,17-16+;;;;;. The largest absolute Gasteiger partial charge is 0.508 e. The Bertz CT molecular complexity index is 674. The number of rotatable bonds is 7. The van der Waals surface area contributed by atoms with E-state index < -0.39 is 0 Å². The minimum absolute atomic E-state index is 0. The maximum atomic E-state index is 9.87. The average Bonchev–Trinajstić information content (AvgIpc) is 2.82. The molecule has 192 valence electrons. The highest BCUT2D eigenvalue weighted by molar-refractivity contribution is 5.33. The van der Waals surface area contributed by atoms with Gasteiger partial charge in [0.25, 0.3) is 0 Å². The predicted molar refractivity (Wildman–Crippen MR) is 152 cm³/mol. The zero-order chi connectivity index (χ0) is 24.9. The molecule has 3 nitrogen and oxygen atoms in total. The molecule has 2 atom stereocenters. The van der Waals surface area contributed by atoms with E-state index in [1.54, 1.807) is 23.8 Å². The quantitative estimate of drug-likeness (QED) is 0.316. The van der Waals surface area contributed by atoms with Crippen LogP contribution in [0, 0.1) is 5.92 Å². The third-order valence-corrected chi connectivity index (χ3v) is 5.22. The lowest BCUT2D eigenvalue weighted by Crippen LogP contribution is -2.29. The molecule has 3 heteroatoms. The Labute approximate surface area is 207 Å². The summed E-state index contributed by atoms with van der Waals surface area (Å²) in [7, 11) is 4.27. The van der Waals surface area contributed by atoms with Crippen molar-refractivity contribution < 1.29 is 11.6 Å². The smallest absolute Gasteiger partial charge is 0.115 e. The molecule has 1 fully saturated rings. The second-order valence-electron chi connectivity index (χ2n) is 7.68. The van der Waals surface area contributed by atoms with Crippen LogP contribution in [0.3, 0.4) is 0 Å². The Balaban J connectivity index is -0.000000399. The van der Waals surface area contributed by atoms with E-state index >= 15 is 0 Å². The van der Waals surface area contributed by atoms with Crippen molar-refractivity contribution in [3.63, 3.8) is 0 Å². The Kier molecular flexibility index (Phi) is 24.8. The average molecular weight is 462 g/mol. The highest BCUT2D eigenvalue weighted by Crippen LogP contribution is 2.42. The summed E-state index contributed by atoms with van der Waals surface area (Å²) >= 11 is 0. The molecular formula is C30H55NO2. The summed E-state index contributed by atoms with van der Waals surface area (Å²) in [6.07, 6.45) is 11.5. The van der Waals surface area contributed by atoms with Gasteiger partial charge in [0.05, 0.1) is 6.61 Å². The maximum Gasteiger partial charge on any atom is 0.115 e. The molecule has 1 aromatic carbocycles. The molecule has 0 bridgehead atoms. The summed E-state index contributed by atoms with van der Waals surface area (Å²) < 4.78 is 0. The summed E-state index contributed by atoms with van der Waals surface area (Å²) in [6.45, 7) is 18.1. The summed E-state index contributed by atoms with van der Waals surface area (Å²) in [5.41, 5.74) is 4.21. The molecule has 1 saturated carbocycles. The van der Waals surface area contributed by atoms with Crippen LogP contribution in [0.25, 0.3) is 0 Å². The fourth-order valence-corrected chi connectivity index (χ4v) is 3.79. The first-order valence-electron chi connectivity index (χ1n) is 12.0. The first-order chi connectivity index (χ1) is 15.4. The van der Waals surface area contributed by atoms with Crippen LogP contribution in [0.2, 0.25) is 0 Å². The van der Waals surface area contributed by atoms with Crippen molar-refractivity contribution in [2.24, 2.45) is 5.92 Å². The first kappa shape index (κ1) is 35.5. The van der Waals surface area contributed by atoms with E-state index in [-0.39, 0.29) is 15.5 Å². The Morgan fingerprint density at radius 3 is 2.21 bits per heavy atom. The summed E-state index contributed by atoms with van der Waals surface area (Å²) in [5.74, 6) is 1.43. The van der Waals surface area contributed by atoms with E-state index in [1.165, 1.54) is 17.6 Å². The number of hydrogen-bond donors (Lipinski definition) is 2. The number of aromatic hydroxyl groups is 1. The van der Waals surface area contributed by atoms with Gasteiger partial charge in [-0.05, 0) is 76.2 Å². The highest BCUT2D eigenvalue weighted by Gasteiger charge is 2.29. The second-order valence-corrected chi connectivity index (χ2v) is 7.68. The van der Waals surface area contributed by atoms with Crippen LogP contribution in [0.5, 0.6) is 5.75 Å². The van der Waals surface area contributed by atoms with Crippen molar-refractivity contribution in [1.29, 1.82) is 0 Å². The fraction of sp³-hybridized carbons (Fsp3) is 0.533. The van der Waals surface area contributed by atoms with Gasteiger partial charge in [0.15, 0.2) is 0 Å². The van der Waals surface area contributed by atoms with Crippen LogP contribution in [0.15, 0.2) is 72.9 Å². The molecule has 33 heavy (non-hydrogen) atoms. The van der Waals surface area contributed by atoms with Gasteiger partial charge in [-0.15, -0.1) is 0 Å². The predicted octanol–water partition coefficient (Wildman–Crippen LogP) is 8.39. The molecule has 0 aliphatic heterocycles. The number of phenols is 1. The second kappa shape index (κ2) is 23.1. The SMILES string of the molecule is C.C/C(C/C=C/CO)=C1/CCC(CN(C)C)C(c2cccc(O)c2)C1.C=CC=C.CC.CC.[HH]. The van der Waals surface area contributed by atoms with E-state index in [2.05, 4.69) is 51.2 Å². The number of allylic oxidation sites excluding steroid dienone is 5. The van der Waals surface area contributed by atoms with Crippen molar-refractivity contribution in [3.8, 4) is 5.75 Å². The van der Waals surface area contributed by atoms with Gasteiger partial charge in [-0.3, -0.25) is 0 Å².